The Morgan fingerprint density at radius 1 is 0.920 bits per heavy atom. The quantitative estimate of drug-likeness (QED) is 0.553. The van der Waals surface area contributed by atoms with Crippen molar-refractivity contribution in [1.82, 2.24) is 4.90 Å². The van der Waals surface area contributed by atoms with Gasteiger partial charge < -0.3 is 24.8 Å². The molecule has 1 nitrogen and oxygen atoms in total. The second kappa shape index (κ2) is 10.9. The summed E-state index contributed by atoms with van der Waals surface area (Å²) in [7, 11) is 4.43. The van der Waals surface area contributed by atoms with Crippen molar-refractivity contribution in [3.63, 3.8) is 0 Å². The third-order valence-corrected chi connectivity index (χ3v) is 7.39. The molecule has 0 amide bonds. The number of rotatable bonds is 5. The molecule has 1 atom stereocenters. The zero-order chi connectivity index (χ0) is 16.3. The van der Waals surface area contributed by atoms with Crippen LogP contribution in [0.1, 0.15) is 70.6 Å². The predicted molar refractivity (Wildman–Crippen MR) is 95.2 cm³/mol. The minimum atomic E-state index is 0. The summed E-state index contributed by atoms with van der Waals surface area (Å²) >= 11 is 2.53. The first-order chi connectivity index (χ1) is 11.1. The Hall–Kier alpha value is 0.734. The fraction of sp³-hybridized carbons (Fsp3) is 0.810. The minimum Gasteiger partial charge on any atom is -1.00 e. The monoisotopic (exact) mass is 418 g/mol. The van der Waals surface area contributed by atoms with Crippen LogP contribution in [0.5, 0.6) is 0 Å². The van der Waals surface area contributed by atoms with E-state index in [9.17, 15) is 0 Å². The largest absolute Gasteiger partial charge is 1.00 e. The van der Waals surface area contributed by atoms with Crippen LogP contribution in [0.25, 0.3) is 0 Å². The smallest absolute Gasteiger partial charge is 1.00 e. The molecule has 141 valence electrons. The van der Waals surface area contributed by atoms with E-state index >= 15 is 0 Å². The summed E-state index contributed by atoms with van der Waals surface area (Å²) in [5.74, 6) is 1.73. The molecule has 0 heterocycles. The molecule has 3 aliphatic carbocycles. The maximum Gasteiger partial charge on any atom is -1.00 e. The summed E-state index contributed by atoms with van der Waals surface area (Å²) in [6, 6.07) is 0. The molecule has 0 aromatic carbocycles. The zero-order valence-electron chi connectivity index (χ0n) is 16.0. The Kier molecular flexibility index (Phi) is 10.4. The predicted octanol–water partition coefficient (Wildman–Crippen LogP) is -0.321. The first-order valence-corrected chi connectivity index (χ1v) is 10.7. The van der Waals surface area contributed by atoms with Gasteiger partial charge in [-0.2, -0.15) is 0 Å². The summed E-state index contributed by atoms with van der Waals surface area (Å²) in [5.41, 5.74) is 3.52. The topological polar surface area (TPSA) is 3.24 Å². The van der Waals surface area contributed by atoms with Crippen molar-refractivity contribution in [2.45, 2.75) is 74.3 Å². The Morgan fingerprint density at radius 2 is 1.44 bits per heavy atom. The molecule has 0 bridgehead atoms. The molecule has 3 aliphatic rings. The van der Waals surface area contributed by atoms with E-state index in [-0.39, 0.29) is 24.8 Å². The molecule has 2 fully saturated rings. The average Bonchev–Trinajstić information content (AvgIpc) is 2.93. The second-order valence-corrected chi connectivity index (χ2v) is 9.83. The van der Waals surface area contributed by atoms with Gasteiger partial charge in [-0.05, 0) is 0 Å². The van der Waals surface area contributed by atoms with E-state index in [4.69, 9.17) is 0 Å². The minimum absolute atomic E-state index is 0. The van der Waals surface area contributed by atoms with Gasteiger partial charge in [0.15, 0.2) is 0 Å². The third-order valence-electron chi connectivity index (χ3n) is 6.33. The summed E-state index contributed by atoms with van der Waals surface area (Å²) in [5, 5.41) is 0. The van der Waals surface area contributed by atoms with Crippen LogP contribution in [0.2, 0.25) is 3.72 Å². The molecule has 0 radical (unpaired) electrons. The van der Waals surface area contributed by atoms with Crippen molar-refractivity contribution in [3.8, 4) is 0 Å². The van der Waals surface area contributed by atoms with E-state index < -0.39 is 0 Å². The summed E-state index contributed by atoms with van der Waals surface area (Å²) in [4.78, 5) is 2.36. The van der Waals surface area contributed by atoms with Crippen LogP contribution in [0.3, 0.4) is 0 Å². The molecule has 3 rings (SSSR count). The molecule has 4 heteroatoms. The van der Waals surface area contributed by atoms with Crippen LogP contribution >= 0.6 is 0 Å². The van der Waals surface area contributed by atoms with Gasteiger partial charge in [-0.1, -0.05) is 0 Å². The van der Waals surface area contributed by atoms with E-state index in [1.807, 2.05) is 0 Å². The number of halogens is 2. The molecular formula is C21H34Cl2NTi. The van der Waals surface area contributed by atoms with Gasteiger partial charge >= 0.3 is 155 Å². The third kappa shape index (κ3) is 6.11. The Bertz CT molecular complexity index is 463. The zero-order valence-corrected chi connectivity index (χ0v) is 19.1. The number of nitrogens with zero attached hydrogens (tertiary/aromatic N) is 1. The molecular weight excluding hydrogens is 385 g/mol. The van der Waals surface area contributed by atoms with Gasteiger partial charge in [-0.3, -0.25) is 0 Å². The van der Waals surface area contributed by atoms with Crippen molar-refractivity contribution >= 4 is 0 Å². The van der Waals surface area contributed by atoms with Crippen LogP contribution < -0.4 is 24.8 Å². The van der Waals surface area contributed by atoms with Gasteiger partial charge in [0.05, 0.1) is 0 Å². The van der Waals surface area contributed by atoms with Crippen molar-refractivity contribution in [2.75, 3.05) is 20.6 Å². The summed E-state index contributed by atoms with van der Waals surface area (Å²) in [6.45, 7) is 1.20. The molecule has 0 saturated heterocycles. The van der Waals surface area contributed by atoms with Crippen LogP contribution in [-0.2, 0) is 20.4 Å². The number of hydrogen-bond donors (Lipinski definition) is 0. The van der Waals surface area contributed by atoms with Gasteiger partial charge in [-0.25, -0.2) is 0 Å². The van der Waals surface area contributed by atoms with Gasteiger partial charge in [0.25, 0.3) is 0 Å². The van der Waals surface area contributed by atoms with Crippen molar-refractivity contribution in [3.05, 3.63) is 23.3 Å². The molecule has 1 unspecified atom stereocenters. The first-order valence-electron chi connectivity index (χ1n) is 9.93. The van der Waals surface area contributed by atoms with E-state index in [1.165, 1.54) is 77.2 Å². The van der Waals surface area contributed by atoms with Crippen LogP contribution in [-0.4, -0.2) is 25.5 Å². The van der Waals surface area contributed by atoms with Crippen molar-refractivity contribution < 1.29 is 45.2 Å². The molecule has 0 aromatic rings. The molecule has 0 aliphatic heterocycles. The Labute approximate surface area is 179 Å². The van der Waals surface area contributed by atoms with Gasteiger partial charge in [0, 0.05) is 0 Å². The van der Waals surface area contributed by atoms with Gasteiger partial charge in [0.1, 0.15) is 0 Å². The fourth-order valence-corrected chi connectivity index (χ4v) is 5.77. The summed E-state index contributed by atoms with van der Waals surface area (Å²) < 4.78 is 0.332. The SMILES string of the molecule is CN(C)CC[C]1([Ti+2])C=C(C2CCCCC2)C=C1C1CCCCC1.[Cl-].[Cl-]. The maximum atomic E-state index is 2.70. The molecule has 2 saturated carbocycles. The molecule has 0 spiro atoms. The van der Waals surface area contributed by atoms with Crippen LogP contribution in [0, 0.1) is 11.8 Å². The standard InChI is InChI=1S/C21H34N.2ClH.Ti/c1-22(2)14-13-19-15-20(17-9-5-3-6-10-17)16-21(19)18-11-7-4-8-12-18;;;/h15-18H,3-14H2,1-2H3;2*1H;/q;;;+2/p-2. The van der Waals surface area contributed by atoms with E-state index in [1.54, 1.807) is 11.1 Å². The van der Waals surface area contributed by atoms with Gasteiger partial charge in [0.2, 0.25) is 0 Å². The second-order valence-electron chi connectivity index (χ2n) is 8.44. The normalized spacial score (nSPS) is 28.2. The molecule has 0 aromatic heterocycles. The number of allylic oxidation sites excluding steroid dienone is 4. The fourth-order valence-electron chi connectivity index (χ4n) is 4.90. The molecule has 25 heavy (non-hydrogen) atoms. The van der Waals surface area contributed by atoms with Crippen molar-refractivity contribution in [1.29, 1.82) is 0 Å². The first kappa shape index (κ1) is 23.8. The number of hydrogen-bond acceptors (Lipinski definition) is 1. The van der Waals surface area contributed by atoms with Crippen LogP contribution in [0.15, 0.2) is 23.3 Å². The Morgan fingerprint density at radius 3 is 1.96 bits per heavy atom. The van der Waals surface area contributed by atoms with Gasteiger partial charge in [-0.15, -0.1) is 0 Å². The van der Waals surface area contributed by atoms with Crippen molar-refractivity contribution in [2.24, 2.45) is 11.8 Å². The van der Waals surface area contributed by atoms with Crippen LogP contribution in [0.4, 0.5) is 0 Å². The Balaban J connectivity index is 0.00000156. The van der Waals surface area contributed by atoms with E-state index in [2.05, 4.69) is 51.6 Å². The average molecular weight is 419 g/mol. The van der Waals surface area contributed by atoms with E-state index in [0.29, 0.717) is 3.72 Å². The summed E-state index contributed by atoms with van der Waals surface area (Å²) in [6.07, 6.45) is 21.1. The maximum absolute atomic E-state index is 2.70. The molecule has 0 N–H and O–H groups in total. The van der Waals surface area contributed by atoms with E-state index in [0.717, 1.165) is 11.8 Å².